The molecular formula is C19H26N6S. The predicted molar refractivity (Wildman–Crippen MR) is 104 cm³/mol. The van der Waals surface area contributed by atoms with Gasteiger partial charge in [0.15, 0.2) is 0 Å². The van der Waals surface area contributed by atoms with E-state index in [4.69, 9.17) is 0 Å². The van der Waals surface area contributed by atoms with Gasteiger partial charge in [0.2, 0.25) is 5.16 Å². The van der Waals surface area contributed by atoms with E-state index in [9.17, 15) is 0 Å². The second kappa shape index (κ2) is 7.61. The Balaban J connectivity index is 2.10. The molecule has 0 aliphatic carbocycles. The third-order valence-corrected chi connectivity index (χ3v) is 6.32. The van der Waals surface area contributed by atoms with Crippen molar-refractivity contribution in [1.29, 1.82) is 0 Å². The first-order valence-corrected chi connectivity index (χ1v) is 9.77. The lowest BCUT2D eigenvalue weighted by Crippen LogP contribution is -2.30. The van der Waals surface area contributed by atoms with Crippen LogP contribution < -0.4 is 0 Å². The molecule has 0 amide bonds. The molecule has 1 unspecified atom stereocenters. The molecule has 0 N–H and O–H groups in total. The molecule has 2 heterocycles. The topological polar surface area (TPSA) is 61.4 Å². The summed E-state index contributed by atoms with van der Waals surface area (Å²) < 4.78 is 3.83. The molecule has 6 nitrogen and oxygen atoms in total. The summed E-state index contributed by atoms with van der Waals surface area (Å²) in [5, 5.41) is 12.9. The number of nitrogens with zero attached hydrogens (tertiary/aromatic N) is 6. The minimum Gasteiger partial charge on any atom is -0.333 e. The van der Waals surface area contributed by atoms with Gasteiger partial charge in [-0.3, -0.25) is 0 Å². The van der Waals surface area contributed by atoms with Crippen molar-refractivity contribution in [2.75, 3.05) is 0 Å². The van der Waals surface area contributed by atoms with Crippen LogP contribution in [0, 0.1) is 6.92 Å². The minimum absolute atomic E-state index is 0.182. The Bertz CT molecular complexity index is 868. The first kappa shape index (κ1) is 18.6. The molecule has 3 rings (SSSR count). The summed E-state index contributed by atoms with van der Waals surface area (Å²) in [7, 11) is 1.89. The highest BCUT2D eigenvalue weighted by molar-refractivity contribution is 8.00. The molecule has 0 bridgehead atoms. The Labute approximate surface area is 159 Å². The fourth-order valence-corrected chi connectivity index (χ4v) is 4.63. The average molecular weight is 371 g/mol. The Morgan fingerprint density at radius 3 is 2.62 bits per heavy atom. The highest BCUT2D eigenvalue weighted by Crippen LogP contribution is 2.46. The van der Waals surface area contributed by atoms with Gasteiger partial charge in [-0.2, -0.15) is 0 Å². The Morgan fingerprint density at radius 2 is 2.00 bits per heavy atom. The third kappa shape index (κ3) is 3.53. The zero-order valence-electron chi connectivity index (χ0n) is 16.0. The summed E-state index contributed by atoms with van der Waals surface area (Å²) >= 11 is 1.73. The Hall–Kier alpha value is -2.15. The van der Waals surface area contributed by atoms with Crippen molar-refractivity contribution in [1.82, 2.24) is 29.8 Å². The van der Waals surface area contributed by atoms with Gasteiger partial charge >= 0.3 is 0 Å². The maximum absolute atomic E-state index is 4.57. The van der Waals surface area contributed by atoms with E-state index in [-0.39, 0.29) is 4.75 Å². The van der Waals surface area contributed by atoms with Gasteiger partial charge in [0.1, 0.15) is 5.82 Å². The van der Waals surface area contributed by atoms with Gasteiger partial charge in [-0.1, -0.05) is 56.8 Å². The number of aryl methyl sites for hydroxylation is 2. The number of imidazole rings is 1. The highest BCUT2D eigenvalue weighted by Gasteiger charge is 2.36. The number of rotatable bonds is 7. The van der Waals surface area contributed by atoms with Gasteiger partial charge < -0.3 is 4.57 Å². The molecule has 1 aromatic carbocycles. The van der Waals surface area contributed by atoms with Crippen molar-refractivity contribution >= 4 is 11.8 Å². The maximum Gasteiger partial charge on any atom is 0.209 e. The fourth-order valence-electron chi connectivity index (χ4n) is 3.34. The maximum atomic E-state index is 4.57. The summed E-state index contributed by atoms with van der Waals surface area (Å²) in [6, 6.07) is 8.60. The van der Waals surface area contributed by atoms with Crippen LogP contribution in [0.4, 0.5) is 0 Å². The van der Waals surface area contributed by atoms with Crippen molar-refractivity contribution in [3.05, 3.63) is 53.6 Å². The Morgan fingerprint density at radius 1 is 1.23 bits per heavy atom. The monoisotopic (exact) mass is 370 g/mol. The highest BCUT2D eigenvalue weighted by atomic mass is 32.2. The number of thioether (sulfide) groups is 1. The molecule has 0 saturated carbocycles. The van der Waals surface area contributed by atoms with E-state index in [0.29, 0.717) is 5.92 Å². The van der Waals surface area contributed by atoms with Crippen LogP contribution in [0.1, 0.15) is 50.1 Å². The largest absolute Gasteiger partial charge is 0.333 e. The van der Waals surface area contributed by atoms with Crippen LogP contribution in [0.5, 0.6) is 0 Å². The predicted octanol–water partition coefficient (Wildman–Crippen LogP) is 3.94. The molecule has 138 valence electrons. The minimum atomic E-state index is -0.182. The lowest BCUT2D eigenvalue weighted by atomic mass is 9.91. The van der Waals surface area contributed by atoms with Crippen LogP contribution in [-0.2, 0) is 18.3 Å². The third-order valence-electron chi connectivity index (χ3n) is 4.76. The smallest absolute Gasteiger partial charge is 0.209 e. The number of aromatic nitrogens is 6. The zero-order valence-corrected chi connectivity index (χ0v) is 16.9. The zero-order chi connectivity index (χ0) is 18.7. The van der Waals surface area contributed by atoms with E-state index in [1.807, 2.05) is 13.2 Å². The van der Waals surface area contributed by atoms with E-state index in [1.54, 1.807) is 16.4 Å². The molecule has 2 aromatic heterocycles. The average Bonchev–Trinajstić information content (AvgIpc) is 3.24. The number of hydrogen-bond donors (Lipinski definition) is 0. The van der Waals surface area contributed by atoms with Crippen LogP contribution in [0.15, 0.2) is 41.8 Å². The van der Waals surface area contributed by atoms with E-state index < -0.39 is 0 Å². The molecule has 0 aliphatic rings. The quantitative estimate of drug-likeness (QED) is 0.590. The van der Waals surface area contributed by atoms with E-state index in [2.05, 4.69) is 83.2 Å². The van der Waals surface area contributed by atoms with Gasteiger partial charge in [0, 0.05) is 31.9 Å². The lowest BCUT2D eigenvalue weighted by molar-refractivity contribution is 0.473. The summed E-state index contributed by atoms with van der Waals surface area (Å²) in [5.74, 6) is 1.48. The molecule has 0 radical (unpaired) electrons. The number of benzene rings is 1. The summed E-state index contributed by atoms with van der Waals surface area (Å²) in [6.45, 7) is 9.58. The fraction of sp³-hybridized carbons (Fsp3) is 0.474. The second-order valence-corrected chi connectivity index (χ2v) is 8.27. The van der Waals surface area contributed by atoms with E-state index >= 15 is 0 Å². The van der Waals surface area contributed by atoms with Gasteiger partial charge in [0.05, 0.1) is 4.75 Å². The van der Waals surface area contributed by atoms with Crippen LogP contribution in [0.2, 0.25) is 0 Å². The van der Waals surface area contributed by atoms with E-state index in [0.717, 1.165) is 23.9 Å². The van der Waals surface area contributed by atoms with Crippen molar-refractivity contribution in [3.63, 3.8) is 0 Å². The van der Waals surface area contributed by atoms with E-state index in [1.165, 1.54) is 11.1 Å². The molecule has 0 aliphatic heterocycles. The van der Waals surface area contributed by atoms with Gasteiger partial charge in [-0.05, 0) is 34.9 Å². The number of hydrogen-bond acceptors (Lipinski definition) is 5. The van der Waals surface area contributed by atoms with Crippen molar-refractivity contribution < 1.29 is 0 Å². The van der Waals surface area contributed by atoms with Crippen LogP contribution in [-0.4, -0.2) is 29.8 Å². The molecule has 3 aromatic rings. The van der Waals surface area contributed by atoms with Crippen molar-refractivity contribution in [2.45, 2.75) is 56.5 Å². The molecular weight excluding hydrogens is 344 g/mol. The molecule has 0 fully saturated rings. The molecule has 26 heavy (non-hydrogen) atoms. The summed E-state index contributed by atoms with van der Waals surface area (Å²) in [5.41, 5.74) is 2.60. The lowest BCUT2D eigenvalue weighted by Gasteiger charge is -2.34. The van der Waals surface area contributed by atoms with Gasteiger partial charge in [0.25, 0.3) is 0 Å². The standard InChI is InChI=1S/C19H26N6S/c1-6-19(16-10-8-7-9-15(16)4,26-18-21-22-23-24(18)5)13-25-12-11-20-17(25)14(2)3/h7-12,14H,6,13H2,1-5H3. The number of tetrazole rings is 1. The summed E-state index contributed by atoms with van der Waals surface area (Å²) in [4.78, 5) is 4.57. The Kier molecular flexibility index (Phi) is 5.46. The second-order valence-electron chi connectivity index (χ2n) is 6.92. The first-order valence-electron chi connectivity index (χ1n) is 8.95. The summed E-state index contributed by atoms with van der Waals surface area (Å²) in [6.07, 6.45) is 4.92. The van der Waals surface area contributed by atoms with Crippen LogP contribution >= 0.6 is 11.8 Å². The molecule has 0 spiro atoms. The van der Waals surface area contributed by atoms with Crippen LogP contribution in [0.25, 0.3) is 0 Å². The van der Waals surface area contributed by atoms with Crippen molar-refractivity contribution in [2.24, 2.45) is 7.05 Å². The SMILES string of the molecule is CCC(Cn1ccnc1C(C)C)(Sc1nnnn1C)c1ccccc1C. The molecule has 7 heteroatoms. The first-order chi connectivity index (χ1) is 12.5. The van der Waals surface area contributed by atoms with Gasteiger partial charge in [-0.15, -0.1) is 5.10 Å². The molecule has 1 atom stereocenters. The van der Waals surface area contributed by atoms with Crippen LogP contribution in [0.3, 0.4) is 0 Å². The van der Waals surface area contributed by atoms with Crippen molar-refractivity contribution in [3.8, 4) is 0 Å². The molecule has 0 saturated heterocycles. The van der Waals surface area contributed by atoms with Gasteiger partial charge in [-0.25, -0.2) is 9.67 Å². The normalized spacial score (nSPS) is 13.9.